The molecule has 7 heteroatoms. The topological polar surface area (TPSA) is 63.1 Å². The van der Waals surface area contributed by atoms with Gasteiger partial charge in [-0.05, 0) is 54.6 Å². The number of aliphatic hydroxyl groups is 1. The monoisotopic (exact) mass is 860 g/mol. The fourth-order valence-electron chi connectivity index (χ4n) is 6.32. The first kappa shape index (κ1) is 40.4. The zero-order valence-corrected chi connectivity index (χ0v) is 34.0. The van der Waals surface area contributed by atoms with Gasteiger partial charge in [-0.25, -0.2) is 9.97 Å². The summed E-state index contributed by atoms with van der Waals surface area (Å²) in [6.07, 6.45) is 5.19. The molecule has 0 atom stereocenters. The predicted octanol–water partition coefficient (Wildman–Crippen LogP) is 12.4. The molecule has 0 fully saturated rings. The Morgan fingerprint density at radius 3 is 2.12 bits per heavy atom. The maximum atomic E-state index is 14.7. The number of aromatic nitrogens is 2. The van der Waals surface area contributed by atoms with Crippen molar-refractivity contribution in [2.24, 2.45) is 17.3 Å². The molecule has 1 radical (unpaired) electrons. The Morgan fingerprint density at radius 2 is 1.53 bits per heavy atom. The predicted molar refractivity (Wildman–Crippen MR) is 202 cm³/mol. The fourth-order valence-corrected chi connectivity index (χ4v) is 7.53. The van der Waals surface area contributed by atoms with Gasteiger partial charge in [0.1, 0.15) is 0 Å². The Balaban J connectivity index is 0.000000347. The average Bonchev–Trinajstić information content (AvgIpc) is 3.37. The number of thiophene rings is 1. The van der Waals surface area contributed by atoms with Crippen LogP contribution in [0.1, 0.15) is 106 Å². The summed E-state index contributed by atoms with van der Waals surface area (Å²) in [5.41, 5.74) is 4.72. The van der Waals surface area contributed by atoms with Gasteiger partial charge in [0, 0.05) is 58.5 Å². The van der Waals surface area contributed by atoms with Crippen molar-refractivity contribution in [2.75, 3.05) is 0 Å². The number of benzene rings is 3. The summed E-state index contributed by atoms with van der Waals surface area (Å²) in [5.74, 6) is 0.547. The van der Waals surface area contributed by atoms with E-state index in [0.29, 0.717) is 11.2 Å². The second-order valence-electron chi connectivity index (χ2n) is 15.1. The van der Waals surface area contributed by atoms with Crippen LogP contribution in [0.3, 0.4) is 0 Å². The molecular weight excluding hydrogens is 808 g/mol. The van der Waals surface area contributed by atoms with Crippen LogP contribution in [-0.2, 0) is 36.7 Å². The van der Waals surface area contributed by atoms with Crippen molar-refractivity contribution in [3.8, 4) is 11.3 Å². The summed E-state index contributed by atoms with van der Waals surface area (Å²) in [6, 6.07) is 20.3. The molecule has 0 aliphatic rings. The van der Waals surface area contributed by atoms with Gasteiger partial charge in [0.25, 0.3) is 0 Å². The second-order valence-corrected chi connectivity index (χ2v) is 16.1. The number of aliphatic hydroxyl groups excluding tert-OH is 1. The summed E-state index contributed by atoms with van der Waals surface area (Å²) in [7, 11) is 0. The Kier molecular flexibility index (Phi) is 13.9. The zero-order valence-electron chi connectivity index (χ0n) is 30.8. The molecule has 2 aromatic heterocycles. The van der Waals surface area contributed by atoms with Crippen molar-refractivity contribution >= 4 is 48.2 Å². The van der Waals surface area contributed by atoms with E-state index >= 15 is 0 Å². The first-order valence-electron chi connectivity index (χ1n) is 17.4. The second kappa shape index (κ2) is 16.8. The molecule has 0 spiro atoms. The van der Waals surface area contributed by atoms with E-state index in [9.17, 15) is 14.3 Å². The van der Waals surface area contributed by atoms with E-state index in [1.165, 1.54) is 22.6 Å². The minimum Gasteiger partial charge on any atom is -0.512 e. The van der Waals surface area contributed by atoms with E-state index in [0.717, 1.165) is 57.8 Å². The van der Waals surface area contributed by atoms with Gasteiger partial charge in [0.05, 0.1) is 11.3 Å². The number of allylic oxidation sites excluding steroid dienone is 2. The summed E-state index contributed by atoms with van der Waals surface area (Å²) >= 11 is 1.64. The Bertz CT molecular complexity index is 1930. The molecule has 1 N–H and O–H groups in total. The molecule has 0 saturated heterocycles. The molecule has 49 heavy (non-hydrogen) atoms. The van der Waals surface area contributed by atoms with Crippen LogP contribution in [-0.4, -0.2) is 20.9 Å². The van der Waals surface area contributed by atoms with Crippen molar-refractivity contribution in [1.82, 2.24) is 9.97 Å². The number of nitrogens with zero attached hydrogens (tertiary/aromatic N) is 2. The van der Waals surface area contributed by atoms with E-state index in [1.54, 1.807) is 11.3 Å². The van der Waals surface area contributed by atoms with Crippen LogP contribution in [0.2, 0.25) is 0 Å². The van der Waals surface area contributed by atoms with Gasteiger partial charge >= 0.3 is 6.08 Å². The average molecular weight is 860 g/mol. The minimum absolute atomic E-state index is 0. The number of hydrogen-bond donors (Lipinski definition) is 1. The zero-order chi connectivity index (χ0) is 35.4. The van der Waals surface area contributed by atoms with Crippen LogP contribution < -0.4 is 0 Å². The van der Waals surface area contributed by atoms with Gasteiger partial charge in [-0.2, -0.15) is 4.39 Å². The molecule has 3 aromatic carbocycles. The van der Waals surface area contributed by atoms with Crippen LogP contribution in [0, 0.1) is 29.4 Å². The van der Waals surface area contributed by atoms with Gasteiger partial charge in [-0.1, -0.05) is 111 Å². The van der Waals surface area contributed by atoms with Crippen molar-refractivity contribution in [2.45, 2.75) is 107 Å². The van der Waals surface area contributed by atoms with E-state index in [4.69, 9.17) is 0 Å². The minimum atomic E-state index is -0.699. The largest absolute Gasteiger partial charge is 0.512 e. The van der Waals surface area contributed by atoms with Gasteiger partial charge in [-0.15, -0.1) is 40.5 Å². The molecule has 0 bridgehead atoms. The van der Waals surface area contributed by atoms with E-state index in [2.05, 4.69) is 100 Å². The van der Waals surface area contributed by atoms with Crippen molar-refractivity contribution in [3.05, 3.63) is 83.6 Å². The molecule has 5 rings (SSSR count). The first-order valence-corrected chi connectivity index (χ1v) is 18.2. The Labute approximate surface area is 310 Å². The number of fused-ring (bicyclic) bond motifs is 4. The normalized spacial score (nSPS) is 12.5. The summed E-state index contributed by atoms with van der Waals surface area (Å²) in [4.78, 5) is 20.2. The number of carbonyl (C=O) groups excluding carboxylic acids is 1. The van der Waals surface area contributed by atoms with Crippen LogP contribution in [0.15, 0.2) is 60.4 Å². The Morgan fingerprint density at radius 1 is 0.898 bits per heavy atom. The summed E-state index contributed by atoms with van der Waals surface area (Å²) in [5, 5.41) is 12.9. The number of halogens is 1. The maximum Gasteiger partial charge on any atom is 0.302 e. The van der Waals surface area contributed by atoms with Crippen molar-refractivity contribution < 1.29 is 34.4 Å². The molecule has 4 nitrogen and oxygen atoms in total. The molecule has 265 valence electrons. The standard InChI is InChI=1S/C29H28FN2S.C13H24O2.Ir/c1-28(2,3)16-17-11-12-21-23(13-17)33-26-24(31-27(30)32-25(21)26)19-14-18-9-7-8-10-20(18)22(15-19)29(4,5)6;1-5-10(6-2)12(14)9-13(15)11(7-3)8-4;/h7-13,15H,16H2,1-6H3;9-11,14H,5-8H2,1-4H3;/q-1;;/b;12-9-;. The number of ketones is 1. The summed E-state index contributed by atoms with van der Waals surface area (Å²) in [6.45, 7) is 21.4. The van der Waals surface area contributed by atoms with Crippen LogP contribution >= 0.6 is 11.3 Å². The van der Waals surface area contributed by atoms with Gasteiger partial charge in [-0.3, -0.25) is 4.79 Å². The quantitative estimate of drug-likeness (QED) is 0.0694. The number of carbonyl (C=O) groups is 1. The first-order chi connectivity index (χ1) is 22.6. The van der Waals surface area contributed by atoms with Crippen LogP contribution in [0.25, 0.3) is 42.3 Å². The molecule has 2 heterocycles. The third-order valence-corrected chi connectivity index (χ3v) is 10.2. The van der Waals surface area contributed by atoms with E-state index in [-0.39, 0.29) is 54.3 Å². The van der Waals surface area contributed by atoms with Gasteiger partial charge in [0.2, 0.25) is 0 Å². The molecule has 0 aliphatic heterocycles. The molecule has 0 saturated carbocycles. The SMILES string of the molecule is CC(C)(C)Cc1ccc2c(c1)sc1c(-c3[c-]c4ccccc4c(C(C)(C)C)c3)nc(F)nc12.CCC(CC)C(=O)/C=C(\O)C(CC)CC.[Ir]. The van der Waals surface area contributed by atoms with Crippen molar-refractivity contribution in [3.63, 3.8) is 0 Å². The van der Waals surface area contributed by atoms with Crippen LogP contribution in [0.5, 0.6) is 0 Å². The number of rotatable bonds is 9. The summed E-state index contributed by atoms with van der Waals surface area (Å²) < 4.78 is 16.7. The van der Waals surface area contributed by atoms with Crippen molar-refractivity contribution in [1.29, 1.82) is 0 Å². The van der Waals surface area contributed by atoms with Crippen LogP contribution in [0.4, 0.5) is 4.39 Å². The van der Waals surface area contributed by atoms with E-state index in [1.807, 2.05) is 33.8 Å². The molecular formula is C42H52FIrN2O2S-. The van der Waals surface area contributed by atoms with Gasteiger partial charge in [0.15, 0.2) is 5.78 Å². The number of hydrogen-bond acceptors (Lipinski definition) is 5. The smallest absolute Gasteiger partial charge is 0.302 e. The van der Waals surface area contributed by atoms with Gasteiger partial charge < -0.3 is 5.11 Å². The Hall–Kier alpha value is -2.99. The molecule has 0 aliphatic carbocycles. The maximum absolute atomic E-state index is 14.7. The third-order valence-electron chi connectivity index (χ3n) is 9.01. The third kappa shape index (κ3) is 9.83. The van der Waals surface area contributed by atoms with E-state index < -0.39 is 6.08 Å². The fraction of sp³-hybridized carbons (Fsp3) is 0.452. The molecule has 0 amide bonds. The molecule has 5 aromatic rings. The molecule has 0 unspecified atom stereocenters.